The fraction of sp³-hybridized carbons (Fsp3) is 0.875. The lowest BCUT2D eigenvalue weighted by atomic mass is 10.1. The Kier molecular flexibility index (Phi) is 14.1. The van der Waals surface area contributed by atoms with Crippen molar-refractivity contribution in [3.63, 3.8) is 0 Å². The van der Waals surface area contributed by atoms with Crippen LogP contribution < -0.4 is 10.6 Å². The van der Waals surface area contributed by atoms with Crippen molar-refractivity contribution in [2.75, 3.05) is 46.5 Å². The van der Waals surface area contributed by atoms with Gasteiger partial charge in [-0.15, -0.1) is 24.0 Å². The van der Waals surface area contributed by atoms with E-state index < -0.39 is 0 Å². The lowest BCUT2D eigenvalue weighted by Gasteiger charge is -2.32. The lowest BCUT2D eigenvalue weighted by Crippen LogP contribution is -2.50. The molecule has 1 aliphatic rings. The fourth-order valence-corrected chi connectivity index (χ4v) is 2.49. The number of hydrogen-bond donors (Lipinski definition) is 2. The summed E-state index contributed by atoms with van der Waals surface area (Å²) >= 11 is 0. The van der Waals surface area contributed by atoms with E-state index in [4.69, 9.17) is 9.47 Å². The Labute approximate surface area is 162 Å². The van der Waals surface area contributed by atoms with Gasteiger partial charge in [-0.05, 0) is 39.5 Å². The average molecular weight is 456 g/mol. The molecule has 0 spiro atoms. The van der Waals surface area contributed by atoms with E-state index >= 15 is 0 Å². The first-order valence-electron chi connectivity index (χ1n) is 8.67. The molecule has 0 saturated carbocycles. The largest absolute Gasteiger partial charge is 0.450 e. The molecule has 142 valence electrons. The van der Waals surface area contributed by atoms with Crippen LogP contribution in [0.1, 0.15) is 39.5 Å². The number of likely N-dealkylation sites (tertiary alicyclic amines) is 1. The predicted octanol–water partition coefficient (Wildman–Crippen LogP) is 2.21. The minimum absolute atomic E-state index is 0. The maximum atomic E-state index is 11.7. The van der Waals surface area contributed by atoms with E-state index in [-0.39, 0.29) is 30.1 Å². The summed E-state index contributed by atoms with van der Waals surface area (Å²) in [5.41, 5.74) is 0. The van der Waals surface area contributed by atoms with Gasteiger partial charge in [0.1, 0.15) is 0 Å². The van der Waals surface area contributed by atoms with E-state index in [1.165, 1.54) is 0 Å². The quantitative estimate of drug-likeness (QED) is 0.254. The van der Waals surface area contributed by atoms with Gasteiger partial charge in [0.05, 0.1) is 6.61 Å². The van der Waals surface area contributed by atoms with Crippen LogP contribution in [-0.4, -0.2) is 69.5 Å². The minimum Gasteiger partial charge on any atom is -0.450 e. The molecule has 0 aromatic carbocycles. The first kappa shape index (κ1) is 23.2. The Morgan fingerprint density at radius 2 is 1.92 bits per heavy atom. The number of carbonyl (C=O) groups is 1. The number of amides is 1. The molecular formula is C16H33IN4O3. The van der Waals surface area contributed by atoms with Crippen LogP contribution in [0.5, 0.6) is 0 Å². The van der Waals surface area contributed by atoms with Crippen LogP contribution in [0.4, 0.5) is 4.79 Å². The number of nitrogens with zero attached hydrogens (tertiary/aromatic N) is 2. The minimum atomic E-state index is -0.206. The Balaban J connectivity index is 0.00000529. The van der Waals surface area contributed by atoms with Gasteiger partial charge in [-0.3, -0.25) is 4.99 Å². The smallest absolute Gasteiger partial charge is 0.409 e. The predicted molar refractivity (Wildman–Crippen MR) is 107 cm³/mol. The molecular weight excluding hydrogens is 423 g/mol. The van der Waals surface area contributed by atoms with Crippen LogP contribution in [0.3, 0.4) is 0 Å². The van der Waals surface area contributed by atoms with Crippen molar-refractivity contribution in [3.8, 4) is 0 Å². The Morgan fingerprint density at radius 3 is 2.50 bits per heavy atom. The standard InChI is InChI=1S/C16H32N4O3.HI/c1-4-22-13-7-6-10-18-15(17-3)19-14-8-11-20(12-9-14)16(21)23-5-2;/h14H,4-13H2,1-3H3,(H2,17,18,19);1H. The van der Waals surface area contributed by atoms with Crippen molar-refractivity contribution in [3.05, 3.63) is 0 Å². The number of nitrogens with one attached hydrogen (secondary N) is 2. The highest BCUT2D eigenvalue weighted by molar-refractivity contribution is 14.0. The first-order valence-corrected chi connectivity index (χ1v) is 8.67. The van der Waals surface area contributed by atoms with Crippen LogP contribution in [-0.2, 0) is 9.47 Å². The van der Waals surface area contributed by atoms with E-state index in [1.807, 2.05) is 13.8 Å². The van der Waals surface area contributed by atoms with Gasteiger partial charge in [-0.1, -0.05) is 0 Å². The molecule has 1 rings (SSSR count). The van der Waals surface area contributed by atoms with Crippen molar-refractivity contribution in [2.45, 2.75) is 45.6 Å². The highest BCUT2D eigenvalue weighted by Gasteiger charge is 2.23. The molecule has 0 atom stereocenters. The zero-order chi connectivity index (χ0) is 16.9. The second-order valence-electron chi connectivity index (χ2n) is 5.51. The maximum Gasteiger partial charge on any atom is 0.409 e. The zero-order valence-corrected chi connectivity index (χ0v) is 17.5. The molecule has 1 heterocycles. The molecule has 1 fully saturated rings. The summed E-state index contributed by atoms with van der Waals surface area (Å²) in [6, 6.07) is 0.343. The molecule has 0 radical (unpaired) electrons. The average Bonchev–Trinajstić information content (AvgIpc) is 2.57. The number of guanidine groups is 1. The Hall–Kier alpha value is -0.770. The Bertz CT molecular complexity index is 361. The normalized spacial score (nSPS) is 15.6. The number of halogens is 1. The van der Waals surface area contributed by atoms with Gasteiger partial charge in [-0.2, -0.15) is 0 Å². The molecule has 1 saturated heterocycles. The summed E-state index contributed by atoms with van der Waals surface area (Å²) in [5, 5.41) is 6.75. The summed E-state index contributed by atoms with van der Waals surface area (Å²) in [4.78, 5) is 17.7. The number of carbonyl (C=O) groups excluding carboxylic acids is 1. The van der Waals surface area contributed by atoms with Crippen LogP contribution in [0.25, 0.3) is 0 Å². The third-order valence-corrected chi connectivity index (χ3v) is 3.80. The Morgan fingerprint density at radius 1 is 1.21 bits per heavy atom. The van der Waals surface area contributed by atoms with Gasteiger partial charge in [0.2, 0.25) is 0 Å². The second kappa shape index (κ2) is 14.6. The molecule has 0 aliphatic carbocycles. The van der Waals surface area contributed by atoms with Crippen molar-refractivity contribution in [1.82, 2.24) is 15.5 Å². The monoisotopic (exact) mass is 456 g/mol. The molecule has 0 aromatic rings. The molecule has 8 heteroatoms. The van der Waals surface area contributed by atoms with Crippen molar-refractivity contribution in [2.24, 2.45) is 4.99 Å². The van der Waals surface area contributed by atoms with Crippen molar-refractivity contribution >= 4 is 36.0 Å². The number of hydrogen-bond acceptors (Lipinski definition) is 4. The van der Waals surface area contributed by atoms with Gasteiger partial charge in [0, 0.05) is 45.9 Å². The molecule has 2 N–H and O–H groups in total. The van der Waals surface area contributed by atoms with E-state index in [9.17, 15) is 4.79 Å². The summed E-state index contributed by atoms with van der Waals surface area (Å²) in [6.45, 7) is 8.19. The molecule has 0 bridgehead atoms. The van der Waals surface area contributed by atoms with Crippen LogP contribution in [0.2, 0.25) is 0 Å². The summed E-state index contributed by atoms with van der Waals surface area (Å²) in [6.07, 6.45) is 3.72. The third kappa shape index (κ3) is 9.51. The number of ether oxygens (including phenoxy) is 2. The molecule has 0 unspecified atom stereocenters. The first-order chi connectivity index (χ1) is 11.2. The van der Waals surface area contributed by atoms with Gasteiger partial charge in [0.15, 0.2) is 5.96 Å². The molecule has 1 aliphatic heterocycles. The zero-order valence-electron chi connectivity index (χ0n) is 15.2. The fourth-order valence-electron chi connectivity index (χ4n) is 2.49. The highest BCUT2D eigenvalue weighted by Crippen LogP contribution is 2.11. The molecule has 7 nitrogen and oxygen atoms in total. The highest BCUT2D eigenvalue weighted by atomic mass is 127. The van der Waals surface area contributed by atoms with Crippen molar-refractivity contribution in [1.29, 1.82) is 0 Å². The van der Waals surface area contributed by atoms with Crippen LogP contribution in [0.15, 0.2) is 4.99 Å². The summed E-state index contributed by atoms with van der Waals surface area (Å²) < 4.78 is 10.4. The molecule has 0 aromatic heterocycles. The topological polar surface area (TPSA) is 75.2 Å². The number of piperidine rings is 1. The number of unbranched alkanes of at least 4 members (excludes halogenated alkanes) is 1. The SMILES string of the molecule is CCOCCCCNC(=NC)NC1CCN(C(=O)OCC)CC1.I. The van der Waals surface area contributed by atoms with E-state index in [2.05, 4.69) is 15.6 Å². The van der Waals surface area contributed by atoms with E-state index in [0.717, 1.165) is 64.5 Å². The molecule has 24 heavy (non-hydrogen) atoms. The van der Waals surface area contributed by atoms with E-state index in [1.54, 1.807) is 11.9 Å². The van der Waals surface area contributed by atoms with E-state index in [0.29, 0.717) is 12.6 Å². The van der Waals surface area contributed by atoms with Gasteiger partial charge >= 0.3 is 6.09 Å². The molecule has 1 amide bonds. The van der Waals surface area contributed by atoms with Crippen LogP contribution in [0, 0.1) is 0 Å². The van der Waals surface area contributed by atoms with Gasteiger partial charge in [-0.25, -0.2) is 4.79 Å². The summed E-state index contributed by atoms with van der Waals surface area (Å²) in [7, 11) is 1.78. The lowest BCUT2D eigenvalue weighted by molar-refractivity contribution is 0.0963. The maximum absolute atomic E-state index is 11.7. The number of rotatable bonds is 8. The number of aliphatic imine (C=N–C) groups is 1. The second-order valence-corrected chi connectivity index (χ2v) is 5.51. The van der Waals surface area contributed by atoms with Crippen molar-refractivity contribution < 1.29 is 14.3 Å². The van der Waals surface area contributed by atoms with Crippen LogP contribution >= 0.6 is 24.0 Å². The van der Waals surface area contributed by atoms with Gasteiger partial charge in [0.25, 0.3) is 0 Å². The summed E-state index contributed by atoms with van der Waals surface area (Å²) in [5.74, 6) is 0.830. The third-order valence-electron chi connectivity index (χ3n) is 3.80. The van der Waals surface area contributed by atoms with Gasteiger partial charge < -0.3 is 25.0 Å².